The van der Waals surface area contributed by atoms with Gasteiger partial charge in [0.05, 0.1) is 17.1 Å². The standard InChI is InChI=1S/C11H12N4O2S/c1-2-8(7-12)18(16,17)15-11-13-9-5-3-4-6-10(9)14-11/h3-6,8H,2H2,1H3,(H2,13,14,15). The third-order valence-corrected chi connectivity index (χ3v) is 4.18. The van der Waals surface area contributed by atoms with Gasteiger partial charge in [0.1, 0.15) is 0 Å². The third kappa shape index (κ3) is 2.28. The monoisotopic (exact) mass is 264 g/mol. The molecule has 2 aromatic rings. The number of aromatic amines is 1. The fourth-order valence-electron chi connectivity index (χ4n) is 1.59. The predicted octanol–water partition coefficient (Wildman–Crippen LogP) is 1.61. The Balaban J connectivity index is 2.32. The number of hydrogen-bond acceptors (Lipinski definition) is 4. The summed E-state index contributed by atoms with van der Waals surface area (Å²) in [6.45, 7) is 1.64. The van der Waals surface area contributed by atoms with Gasteiger partial charge in [-0.2, -0.15) is 5.26 Å². The first-order valence-corrected chi connectivity index (χ1v) is 6.97. The zero-order valence-electron chi connectivity index (χ0n) is 9.71. The lowest BCUT2D eigenvalue weighted by Crippen LogP contribution is -2.26. The molecule has 0 saturated carbocycles. The van der Waals surface area contributed by atoms with Gasteiger partial charge in [-0.25, -0.2) is 13.4 Å². The first-order valence-electron chi connectivity index (χ1n) is 5.43. The molecule has 18 heavy (non-hydrogen) atoms. The quantitative estimate of drug-likeness (QED) is 0.876. The van der Waals surface area contributed by atoms with Crippen molar-refractivity contribution >= 4 is 27.0 Å². The SMILES string of the molecule is CCC(C#N)S(=O)(=O)Nc1nc2ccccc2[nH]1. The van der Waals surface area contributed by atoms with E-state index < -0.39 is 15.3 Å². The van der Waals surface area contributed by atoms with Crippen molar-refractivity contribution in [2.75, 3.05) is 4.72 Å². The van der Waals surface area contributed by atoms with E-state index in [-0.39, 0.29) is 12.4 Å². The van der Waals surface area contributed by atoms with Gasteiger partial charge in [0, 0.05) is 0 Å². The van der Waals surface area contributed by atoms with Crippen molar-refractivity contribution in [2.24, 2.45) is 0 Å². The van der Waals surface area contributed by atoms with Gasteiger partial charge < -0.3 is 4.98 Å². The molecule has 1 heterocycles. The molecule has 0 spiro atoms. The van der Waals surface area contributed by atoms with Gasteiger partial charge in [-0.15, -0.1) is 0 Å². The molecule has 6 nitrogen and oxygen atoms in total. The normalized spacial score (nSPS) is 13.1. The number of nitrogens with zero attached hydrogens (tertiary/aromatic N) is 2. The topological polar surface area (TPSA) is 98.6 Å². The first-order chi connectivity index (χ1) is 8.56. The second kappa shape index (κ2) is 4.66. The molecule has 0 saturated heterocycles. The zero-order valence-corrected chi connectivity index (χ0v) is 10.5. The lowest BCUT2D eigenvalue weighted by molar-refractivity contribution is 0.592. The summed E-state index contributed by atoms with van der Waals surface area (Å²) in [6.07, 6.45) is 0.228. The second-order valence-corrected chi connectivity index (χ2v) is 5.64. The molecule has 0 bridgehead atoms. The second-order valence-electron chi connectivity index (χ2n) is 3.78. The number of aromatic nitrogens is 2. The maximum atomic E-state index is 11.8. The van der Waals surface area contributed by atoms with E-state index in [4.69, 9.17) is 5.26 Å². The summed E-state index contributed by atoms with van der Waals surface area (Å²) in [5.41, 5.74) is 1.40. The molecule has 2 rings (SSSR count). The maximum Gasteiger partial charge on any atom is 0.251 e. The van der Waals surface area contributed by atoms with Crippen LogP contribution < -0.4 is 4.72 Å². The Hall–Kier alpha value is -2.07. The number of sulfonamides is 1. The molecule has 1 unspecified atom stereocenters. The molecule has 0 amide bonds. The molecular formula is C11H12N4O2S. The average molecular weight is 264 g/mol. The van der Waals surface area contributed by atoms with Crippen LogP contribution in [0.3, 0.4) is 0 Å². The van der Waals surface area contributed by atoms with Crippen molar-refractivity contribution < 1.29 is 8.42 Å². The number of fused-ring (bicyclic) bond motifs is 1. The molecular weight excluding hydrogens is 252 g/mol. The minimum absolute atomic E-state index is 0.130. The molecule has 7 heteroatoms. The highest BCUT2D eigenvalue weighted by atomic mass is 32.2. The summed E-state index contributed by atoms with van der Waals surface area (Å²) >= 11 is 0. The Bertz CT molecular complexity index is 666. The molecule has 0 fully saturated rings. The molecule has 2 N–H and O–H groups in total. The predicted molar refractivity (Wildman–Crippen MR) is 68.3 cm³/mol. The van der Waals surface area contributed by atoms with Crippen molar-refractivity contribution in [3.05, 3.63) is 24.3 Å². The van der Waals surface area contributed by atoms with Crippen molar-refractivity contribution in [3.8, 4) is 6.07 Å². The van der Waals surface area contributed by atoms with Gasteiger partial charge >= 0.3 is 0 Å². The Kier molecular flexibility index (Phi) is 3.21. The van der Waals surface area contributed by atoms with Crippen LogP contribution in [0.15, 0.2) is 24.3 Å². The van der Waals surface area contributed by atoms with E-state index in [9.17, 15) is 8.42 Å². The third-order valence-electron chi connectivity index (χ3n) is 2.52. The van der Waals surface area contributed by atoms with E-state index in [1.54, 1.807) is 25.1 Å². The lowest BCUT2D eigenvalue weighted by Gasteiger charge is -2.08. The van der Waals surface area contributed by atoms with Gasteiger partial charge in [-0.05, 0) is 18.6 Å². The number of para-hydroxylation sites is 2. The number of anilines is 1. The van der Waals surface area contributed by atoms with Crippen LogP contribution in [0.2, 0.25) is 0 Å². The number of benzene rings is 1. The Labute approximate surface area is 105 Å². The number of H-pyrrole nitrogens is 1. The number of nitrogens with one attached hydrogen (secondary N) is 2. The minimum Gasteiger partial charge on any atom is -0.323 e. The van der Waals surface area contributed by atoms with Crippen LogP contribution in [0, 0.1) is 11.3 Å². The van der Waals surface area contributed by atoms with Gasteiger partial charge in [0.25, 0.3) is 10.0 Å². The van der Waals surface area contributed by atoms with E-state index in [0.29, 0.717) is 5.52 Å². The average Bonchev–Trinajstić information content (AvgIpc) is 2.71. The highest BCUT2D eigenvalue weighted by Crippen LogP contribution is 2.16. The van der Waals surface area contributed by atoms with Gasteiger partial charge in [-0.1, -0.05) is 19.1 Å². The largest absolute Gasteiger partial charge is 0.323 e. The molecule has 0 aliphatic heterocycles. The van der Waals surface area contributed by atoms with E-state index >= 15 is 0 Å². The molecule has 1 aromatic heterocycles. The highest BCUT2D eigenvalue weighted by Gasteiger charge is 2.24. The zero-order chi connectivity index (χ0) is 13.2. The molecule has 0 aliphatic rings. The Morgan fingerprint density at radius 2 is 2.22 bits per heavy atom. The van der Waals surface area contributed by atoms with E-state index in [2.05, 4.69) is 14.7 Å². The number of imidazole rings is 1. The summed E-state index contributed by atoms with van der Waals surface area (Å²) in [5, 5.41) is 7.70. The van der Waals surface area contributed by atoms with Crippen LogP contribution in [0.1, 0.15) is 13.3 Å². The van der Waals surface area contributed by atoms with Crippen LogP contribution in [0.25, 0.3) is 11.0 Å². The number of rotatable bonds is 4. The van der Waals surface area contributed by atoms with E-state index in [1.807, 2.05) is 12.1 Å². The van der Waals surface area contributed by atoms with Crippen molar-refractivity contribution in [1.82, 2.24) is 9.97 Å². The van der Waals surface area contributed by atoms with Crippen LogP contribution >= 0.6 is 0 Å². The van der Waals surface area contributed by atoms with E-state index in [1.165, 1.54) is 0 Å². The minimum atomic E-state index is -3.73. The van der Waals surface area contributed by atoms with Crippen LogP contribution in [0.4, 0.5) is 5.95 Å². The summed E-state index contributed by atoms with van der Waals surface area (Å²) < 4.78 is 26.0. The van der Waals surface area contributed by atoms with Gasteiger partial charge in [0.2, 0.25) is 5.95 Å². The summed E-state index contributed by atoms with van der Waals surface area (Å²) in [6, 6.07) is 8.95. The van der Waals surface area contributed by atoms with E-state index in [0.717, 1.165) is 5.52 Å². The number of nitriles is 1. The molecule has 1 atom stereocenters. The van der Waals surface area contributed by atoms with Crippen LogP contribution in [-0.4, -0.2) is 23.6 Å². The van der Waals surface area contributed by atoms with Crippen molar-refractivity contribution in [3.63, 3.8) is 0 Å². The smallest absolute Gasteiger partial charge is 0.251 e. The Morgan fingerprint density at radius 1 is 1.50 bits per heavy atom. The summed E-state index contributed by atoms with van der Waals surface area (Å²) in [5.74, 6) is 0.130. The first kappa shape index (κ1) is 12.4. The van der Waals surface area contributed by atoms with Crippen molar-refractivity contribution in [1.29, 1.82) is 5.26 Å². The molecule has 94 valence electrons. The highest BCUT2D eigenvalue weighted by molar-refractivity contribution is 7.93. The summed E-state index contributed by atoms with van der Waals surface area (Å²) in [7, 11) is -3.73. The van der Waals surface area contributed by atoms with Crippen LogP contribution in [0.5, 0.6) is 0 Å². The molecule has 0 radical (unpaired) electrons. The maximum absolute atomic E-state index is 11.8. The Morgan fingerprint density at radius 3 is 2.83 bits per heavy atom. The van der Waals surface area contributed by atoms with Gasteiger partial charge in [0.15, 0.2) is 5.25 Å². The fourth-order valence-corrected chi connectivity index (χ4v) is 2.67. The van der Waals surface area contributed by atoms with Gasteiger partial charge in [-0.3, -0.25) is 4.72 Å². The lowest BCUT2D eigenvalue weighted by atomic mass is 10.3. The van der Waals surface area contributed by atoms with Crippen LogP contribution in [-0.2, 0) is 10.0 Å². The molecule has 1 aromatic carbocycles. The number of hydrogen-bond donors (Lipinski definition) is 2. The fraction of sp³-hybridized carbons (Fsp3) is 0.273. The van der Waals surface area contributed by atoms with Crippen molar-refractivity contribution in [2.45, 2.75) is 18.6 Å². The molecule has 0 aliphatic carbocycles. The summed E-state index contributed by atoms with van der Waals surface area (Å²) in [4.78, 5) is 6.94.